The van der Waals surface area contributed by atoms with Crippen LogP contribution < -0.4 is 4.74 Å². The molecule has 148 valence electrons. The van der Waals surface area contributed by atoms with Gasteiger partial charge in [-0.3, -0.25) is 0 Å². The largest absolute Gasteiger partial charge is 0.488 e. The van der Waals surface area contributed by atoms with E-state index in [2.05, 4.69) is 13.8 Å². The molecule has 1 nitrogen and oxygen atoms in total. The highest BCUT2D eigenvalue weighted by molar-refractivity contribution is 5.35. The molecule has 0 heterocycles. The molecule has 0 N–H and O–H groups in total. The Hall–Kier alpha value is -1.12. The van der Waals surface area contributed by atoms with Crippen LogP contribution in [-0.4, -0.2) is 6.61 Å². The first-order chi connectivity index (χ1) is 12.7. The Balaban J connectivity index is 1.90. The van der Waals surface area contributed by atoms with Crippen LogP contribution >= 0.6 is 0 Å². The normalized spacial score (nSPS) is 20.3. The Kier molecular flexibility index (Phi) is 9.42. The van der Waals surface area contributed by atoms with Crippen molar-refractivity contribution in [2.24, 2.45) is 5.92 Å². The number of hydrogen-bond donors (Lipinski definition) is 0. The molecule has 1 aliphatic rings. The van der Waals surface area contributed by atoms with Gasteiger partial charge in [-0.1, -0.05) is 64.9 Å². The minimum absolute atomic E-state index is 0.163. The van der Waals surface area contributed by atoms with Gasteiger partial charge in [0.15, 0.2) is 17.4 Å². The van der Waals surface area contributed by atoms with Gasteiger partial charge in [0.1, 0.15) is 0 Å². The molecule has 0 spiro atoms. The van der Waals surface area contributed by atoms with Gasteiger partial charge in [0.2, 0.25) is 0 Å². The fraction of sp³-hybridized carbons (Fsp3) is 0.739. The van der Waals surface area contributed by atoms with Crippen molar-refractivity contribution in [1.29, 1.82) is 0 Å². The van der Waals surface area contributed by atoms with Crippen LogP contribution in [0, 0.1) is 17.6 Å². The van der Waals surface area contributed by atoms with E-state index in [0.717, 1.165) is 44.4 Å². The molecular weight excluding hydrogens is 330 g/mol. The van der Waals surface area contributed by atoms with Crippen molar-refractivity contribution >= 4 is 0 Å². The van der Waals surface area contributed by atoms with Crippen LogP contribution in [0.5, 0.6) is 5.75 Å². The zero-order chi connectivity index (χ0) is 18.8. The van der Waals surface area contributed by atoms with Crippen molar-refractivity contribution in [3.8, 4) is 5.75 Å². The predicted molar refractivity (Wildman–Crippen MR) is 105 cm³/mol. The summed E-state index contributed by atoms with van der Waals surface area (Å²) in [5.74, 6) is -0.204. The number of halogens is 2. The zero-order valence-electron chi connectivity index (χ0n) is 16.7. The molecule has 1 fully saturated rings. The molecule has 0 atom stereocenters. The summed E-state index contributed by atoms with van der Waals surface area (Å²) >= 11 is 0. The maximum atomic E-state index is 14.9. The van der Waals surface area contributed by atoms with Gasteiger partial charge in [-0.2, -0.15) is 0 Å². The van der Waals surface area contributed by atoms with Crippen molar-refractivity contribution in [1.82, 2.24) is 0 Å². The van der Waals surface area contributed by atoms with Crippen LogP contribution in [0.1, 0.15) is 102 Å². The van der Waals surface area contributed by atoms with Crippen LogP contribution in [0.2, 0.25) is 0 Å². The molecule has 3 heteroatoms. The Bertz CT molecular complexity index is 521. The molecule has 0 bridgehead atoms. The van der Waals surface area contributed by atoms with Crippen molar-refractivity contribution in [3.63, 3.8) is 0 Å². The Labute approximate surface area is 158 Å². The lowest BCUT2D eigenvalue weighted by Crippen LogP contribution is -2.15. The second-order valence-electron chi connectivity index (χ2n) is 7.90. The van der Waals surface area contributed by atoms with Gasteiger partial charge >= 0.3 is 0 Å². The monoisotopic (exact) mass is 366 g/mol. The topological polar surface area (TPSA) is 9.23 Å². The molecule has 0 aliphatic heterocycles. The van der Waals surface area contributed by atoms with Gasteiger partial charge in [0.05, 0.1) is 6.61 Å². The lowest BCUT2D eigenvalue weighted by molar-refractivity contribution is 0.268. The summed E-state index contributed by atoms with van der Waals surface area (Å²) in [6.45, 7) is 4.77. The van der Waals surface area contributed by atoms with E-state index in [1.165, 1.54) is 44.6 Å². The third-order valence-electron chi connectivity index (χ3n) is 5.83. The number of hydrogen-bond acceptors (Lipinski definition) is 1. The van der Waals surface area contributed by atoms with Crippen LogP contribution in [0.25, 0.3) is 0 Å². The molecule has 1 aromatic rings. The van der Waals surface area contributed by atoms with E-state index in [1.54, 1.807) is 6.07 Å². The average Bonchev–Trinajstić information content (AvgIpc) is 2.65. The van der Waals surface area contributed by atoms with Crippen molar-refractivity contribution in [2.75, 3.05) is 6.61 Å². The van der Waals surface area contributed by atoms with Gasteiger partial charge in [-0.15, -0.1) is 0 Å². The maximum Gasteiger partial charge on any atom is 0.190 e. The quantitative estimate of drug-likeness (QED) is 0.363. The highest BCUT2D eigenvalue weighted by atomic mass is 19.1. The second kappa shape index (κ2) is 11.6. The summed E-state index contributed by atoms with van der Waals surface area (Å²) in [5.41, 5.74) is 0.655. The standard InChI is InChI=1S/C23H36F2O/c1-3-5-7-9-17-26-23-21(24)16-15-20(22(23)25)19-13-11-18(12-14-19)10-8-6-4-2/h15-16,18-19H,3-14,17H2,1-2H3. The van der Waals surface area contributed by atoms with Crippen LogP contribution in [-0.2, 0) is 0 Å². The van der Waals surface area contributed by atoms with E-state index in [1.807, 2.05) is 0 Å². The minimum atomic E-state index is -0.574. The highest BCUT2D eigenvalue weighted by Gasteiger charge is 2.26. The van der Waals surface area contributed by atoms with Gasteiger partial charge in [0.25, 0.3) is 0 Å². The van der Waals surface area contributed by atoms with E-state index in [9.17, 15) is 8.78 Å². The zero-order valence-corrected chi connectivity index (χ0v) is 16.7. The number of benzene rings is 1. The summed E-state index contributed by atoms with van der Waals surface area (Å²) in [6, 6.07) is 3.02. The molecule has 1 aliphatic carbocycles. The predicted octanol–water partition coefficient (Wildman–Crippen LogP) is 7.78. The number of rotatable bonds is 11. The smallest absolute Gasteiger partial charge is 0.190 e. The molecule has 0 aromatic heterocycles. The van der Waals surface area contributed by atoms with Crippen LogP contribution in [0.4, 0.5) is 8.78 Å². The molecule has 2 rings (SSSR count). The van der Waals surface area contributed by atoms with E-state index in [0.29, 0.717) is 12.2 Å². The Morgan fingerprint density at radius 3 is 2.27 bits per heavy atom. The summed E-state index contributed by atoms with van der Waals surface area (Å²) in [4.78, 5) is 0. The third kappa shape index (κ3) is 6.25. The highest BCUT2D eigenvalue weighted by Crippen LogP contribution is 2.40. The fourth-order valence-corrected chi connectivity index (χ4v) is 4.14. The summed E-state index contributed by atoms with van der Waals surface area (Å²) < 4.78 is 34.4. The molecule has 26 heavy (non-hydrogen) atoms. The molecule has 0 unspecified atom stereocenters. The van der Waals surface area contributed by atoms with E-state index < -0.39 is 11.6 Å². The number of unbranched alkanes of at least 4 members (excludes halogenated alkanes) is 5. The fourth-order valence-electron chi connectivity index (χ4n) is 4.14. The molecule has 1 aromatic carbocycles. The summed E-state index contributed by atoms with van der Waals surface area (Å²) in [7, 11) is 0. The van der Waals surface area contributed by atoms with Crippen molar-refractivity contribution < 1.29 is 13.5 Å². The first-order valence-electron chi connectivity index (χ1n) is 10.8. The Morgan fingerprint density at radius 2 is 1.58 bits per heavy atom. The summed E-state index contributed by atoms with van der Waals surface area (Å²) in [5, 5.41) is 0. The average molecular weight is 367 g/mol. The minimum Gasteiger partial charge on any atom is -0.488 e. The lowest BCUT2D eigenvalue weighted by atomic mass is 9.77. The molecule has 0 radical (unpaired) electrons. The van der Waals surface area contributed by atoms with Crippen LogP contribution in [0.3, 0.4) is 0 Å². The van der Waals surface area contributed by atoms with Gasteiger partial charge < -0.3 is 4.74 Å². The molecule has 0 amide bonds. The molecular formula is C23H36F2O. The second-order valence-corrected chi connectivity index (χ2v) is 7.90. The first-order valence-corrected chi connectivity index (χ1v) is 10.8. The Morgan fingerprint density at radius 1 is 0.885 bits per heavy atom. The van der Waals surface area contributed by atoms with Gasteiger partial charge in [0, 0.05) is 0 Å². The first kappa shape index (κ1) is 21.2. The van der Waals surface area contributed by atoms with E-state index in [4.69, 9.17) is 4.74 Å². The molecule has 1 saturated carbocycles. The van der Waals surface area contributed by atoms with E-state index >= 15 is 0 Å². The van der Waals surface area contributed by atoms with Crippen LogP contribution in [0.15, 0.2) is 12.1 Å². The summed E-state index contributed by atoms with van der Waals surface area (Å²) in [6.07, 6.45) is 13.7. The molecule has 0 saturated heterocycles. The number of ether oxygens (including phenoxy) is 1. The van der Waals surface area contributed by atoms with Crippen molar-refractivity contribution in [2.45, 2.75) is 96.8 Å². The third-order valence-corrected chi connectivity index (χ3v) is 5.83. The lowest BCUT2D eigenvalue weighted by Gasteiger charge is -2.29. The maximum absolute atomic E-state index is 14.9. The SMILES string of the molecule is CCCCCCOc1c(F)ccc(C2CCC(CCCCC)CC2)c1F. The van der Waals surface area contributed by atoms with Gasteiger partial charge in [-0.25, -0.2) is 8.78 Å². The van der Waals surface area contributed by atoms with Gasteiger partial charge in [-0.05, 0) is 55.6 Å². The van der Waals surface area contributed by atoms with Crippen molar-refractivity contribution in [3.05, 3.63) is 29.3 Å². The van der Waals surface area contributed by atoms with E-state index in [-0.39, 0.29) is 11.7 Å².